The molecule has 2 aromatic carbocycles. The number of nitrogens with one attached hydrogen (secondary N) is 1. The molecule has 0 fully saturated rings. The summed E-state index contributed by atoms with van der Waals surface area (Å²) in [6.07, 6.45) is 5.42. The molecule has 1 N–H and O–H groups in total. The summed E-state index contributed by atoms with van der Waals surface area (Å²) in [7, 11) is 1.88. The molecule has 27 heavy (non-hydrogen) atoms. The van der Waals surface area contributed by atoms with Gasteiger partial charge in [-0.15, -0.1) is 0 Å². The van der Waals surface area contributed by atoms with Gasteiger partial charge in [-0.25, -0.2) is 0 Å². The van der Waals surface area contributed by atoms with Crippen LogP contribution in [0.1, 0.15) is 5.56 Å². The monoisotopic (exact) mass is 379 g/mol. The Balaban J connectivity index is 1.80. The Morgan fingerprint density at radius 2 is 2.04 bits per heavy atom. The van der Waals surface area contributed by atoms with Crippen molar-refractivity contribution in [2.24, 2.45) is 0 Å². The van der Waals surface area contributed by atoms with E-state index in [1.165, 1.54) is 17.8 Å². The summed E-state index contributed by atoms with van der Waals surface area (Å²) in [6, 6.07) is 14.9. The first-order valence-corrected chi connectivity index (χ1v) is 9.20. The van der Waals surface area contributed by atoms with E-state index < -0.39 is 0 Å². The molecule has 0 atom stereocenters. The van der Waals surface area contributed by atoms with Crippen molar-refractivity contribution in [3.63, 3.8) is 0 Å². The summed E-state index contributed by atoms with van der Waals surface area (Å²) >= 11 is 1.41. The molecule has 0 aliphatic rings. The number of nitro groups is 1. The van der Waals surface area contributed by atoms with Crippen LogP contribution in [0.5, 0.6) is 0 Å². The summed E-state index contributed by atoms with van der Waals surface area (Å²) in [4.78, 5) is 12.6. The fourth-order valence-electron chi connectivity index (χ4n) is 3.02. The smallest absolute Gasteiger partial charge is 0.283 e. The molecule has 4 aromatic rings. The van der Waals surface area contributed by atoms with Gasteiger partial charge in [-0.3, -0.25) is 10.1 Å². The van der Waals surface area contributed by atoms with Crippen molar-refractivity contribution < 1.29 is 9.34 Å². The molecule has 0 spiro atoms. The van der Waals surface area contributed by atoms with E-state index in [-0.39, 0.29) is 10.6 Å². The minimum Gasteiger partial charge on any atom is -0.472 e. The van der Waals surface area contributed by atoms with Gasteiger partial charge in [0, 0.05) is 40.8 Å². The highest BCUT2D eigenvalue weighted by Crippen LogP contribution is 2.39. The number of nitrogens with zero attached hydrogens (tertiary/aromatic N) is 2. The lowest BCUT2D eigenvalue weighted by Gasteiger charge is -2.05. The number of rotatable bonds is 6. The zero-order valence-electron chi connectivity index (χ0n) is 14.6. The number of furan rings is 1. The third kappa shape index (κ3) is 3.41. The zero-order chi connectivity index (χ0) is 18.8. The third-order valence-electron chi connectivity index (χ3n) is 4.35. The molecule has 0 aliphatic carbocycles. The van der Waals surface area contributed by atoms with Gasteiger partial charge in [0.15, 0.2) is 0 Å². The van der Waals surface area contributed by atoms with Gasteiger partial charge >= 0.3 is 0 Å². The molecule has 0 aliphatic heterocycles. The topological polar surface area (TPSA) is 73.2 Å². The number of aromatic nitrogens is 1. The van der Waals surface area contributed by atoms with E-state index in [4.69, 9.17) is 4.42 Å². The van der Waals surface area contributed by atoms with Gasteiger partial charge in [-0.05, 0) is 30.3 Å². The summed E-state index contributed by atoms with van der Waals surface area (Å²) in [5.41, 5.74) is 3.24. The Morgan fingerprint density at radius 3 is 2.78 bits per heavy atom. The standard InChI is InChI=1S/C20H17N3O3S/c1-21-15-6-7-16-18(10-15)22(11-14-8-9-26-13-14)12-20(16)27-19-5-3-2-4-17(19)23(24)25/h2-10,12-13,21H,11H2,1H3. The Hall–Kier alpha value is -3.19. The molecule has 0 unspecified atom stereocenters. The van der Waals surface area contributed by atoms with Crippen molar-refractivity contribution in [3.8, 4) is 0 Å². The van der Waals surface area contributed by atoms with Crippen LogP contribution >= 0.6 is 11.8 Å². The van der Waals surface area contributed by atoms with E-state index in [2.05, 4.69) is 16.0 Å². The SMILES string of the molecule is CNc1ccc2c(Sc3ccccc3[N+](=O)[O-])cn(Cc3ccoc3)c2c1. The molecule has 0 amide bonds. The Labute approximate surface area is 159 Å². The van der Waals surface area contributed by atoms with Crippen molar-refractivity contribution >= 4 is 34.0 Å². The summed E-state index contributed by atoms with van der Waals surface area (Å²) in [5.74, 6) is 0. The maximum absolute atomic E-state index is 11.3. The van der Waals surface area contributed by atoms with Crippen molar-refractivity contribution in [2.45, 2.75) is 16.3 Å². The van der Waals surface area contributed by atoms with Crippen molar-refractivity contribution in [2.75, 3.05) is 12.4 Å². The Bertz CT molecular complexity index is 1100. The number of anilines is 1. The second kappa shape index (κ2) is 7.20. The van der Waals surface area contributed by atoms with Crippen molar-refractivity contribution in [3.05, 3.63) is 82.9 Å². The van der Waals surface area contributed by atoms with E-state index in [1.807, 2.05) is 37.5 Å². The molecule has 6 nitrogen and oxygen atoms in total. The molecule has 2 aromatic heterocycles. The minimum atomic E-state index is -0.341. The van der Waals surface area contributed by atoms with E-state index in [0.717, 1.165) is 27.0 Å². The van der Waals surface area contributed by atoms with E-state index in [1.54, 1.807) is 24.7 Å². The fraction of sp³-hybridized carbons (Fsp3) is 0.100. The normalized spacial score (nSPS) is 11.0. The average molecular weight is 379 g/mol. The molecule has 0 radical (unpaired) electrons. The second-order valence-electron chi connectivity index (χ2n) is 6.06. The van der Waals surface area contributed by atoms with Gasteiger partial charge in [-0.2, -0.15) is 0 Å². The average Bonchev–Trinajstić information content (AvgIpc) is 3.30. The molecule has 0 bridgehead atoms. The summed E-state index contributed by atoms with van der Waals surface area (Å²) < 4.78 is 7.32. The van der Waals surface area contributed by atoms with Crippen LogP contribution in [0.2, 0.25) is 0 Å². The quantitative estimate of drug-likeness (QED) is 0.359. The molecule has 0 saturated carbocycles. The van der Waals surface area contributed by atoms with Crippen molar-refractivity contribution in [1.82, 2.24) is 4.57 Å². The molecule has 2 heterocycles. The highest BCUT2D eigenvalue weighted by atomic mass is 32.2. The summed E-state index contributed by atoms with van der Waals surface area (Å²) in [6.45, 7) is 0.664. The number of benzene rings is 2. The molecular formula is C20H17N3O3S. The van der Waals surface area contributed by atoms with Crippen LogP contribution < -0.4 is 5.32 Å². The Morgan fingerprint density at radius 1 is 1.19 bits per heavy atom. The van der Waals surface area contributed by atoms with Crippen LogP contribution in [-0.2, 0) is 6.54 Å². The van der Waals surface area contributed by atoms with Crippen LogP contribution in [0.3, 0.4) is 0 Å². The molecule has 0 saturated heterocycles. The first kappa shape index (κ1) is 17.2. The highest BCUT2D eigenvalue weighted by molar-refractivity contribution is 7.99. The largest absolute Gasteiger partial charge is 0.472 e. The van der Waals surface area contributed by atoms with E-state index in [0.29, 0.717) is 11.4 Å². The predicted octanol–water partition coefficient (Wildman–Crippen LogP) is 5.38. The van der Waals surface area contributed by atoms with Crippen LogP contribution in [-0.4, -0.2) is 16.5 Å². The van der Waals surface area contributed by atoms with Crippen molar-refractivity contribution in [1.29, 1.82) is 0 Å². The fourth-order valence-corrected chi connectivity index (χ4v) is 4.11. The van der Waals surface area contributed by atoms with Crippen LogP contribution in [0.15, 0.2) is 81.5 Å². The minimum absolute atomic E-state index is 0.116. The van der Waals surface area contributed by atoms with Gasteiger partial charge in [0.1, 0.15) is 0 Å². The van der Waals surface area contributed by atoms with Crippen LogP contribution in [0, 0.1) is 10.1 Å². The van der Waals surface area contributed by atoms with E-state index >= 15 is 0 Å². The zero-order valence-corrected chi connectivity index (χ0v) is 15.4. The number of nitro benzene ring substituents is 1. The Kier molecular flexibility index (Phi) is 4.60. The lowest BCUT2D eigenvalue weighted by atomic mass is 10.2. The maximum atomic E-state index is 11.3. The maximum Gasteiger partial charge on any atom is 0.283 e. The summed E-state index contributed by atoms with van der Waals surface area (Å²) in [5, 5.41) is 15.6. The van der Waals surface area contributed by atoms with Gasteiger partial charge < -0.3 is 14.3 Å². The molecule has 136 valence electrons. The van der Waals surface area contributed by atoms with Gasteiger partial charge in [0.2, 0.25) is 0 Å². The number of para-hydroxylation sites is 1. The number of fused-ring (bicyclic) bond motifs is 1. The highest BCUT2D eigenvalue weighted by Gasteiger charge is 2.17. The number of hydrogen-bond donors (Lipinski definition) is 1. The van der Waals surface area contributed by atoms with Gasteiger partial charge in [0.05, 0.1) is 34.4 Å². The lowest BCUT2D eigenvalue weighted by Crippen LogP contribution is -1.97. The number of hydrogen-bond acceptors (Lipinski definition) is 5. The molecular weight excluding hydrogens is 362 g/mol. The molecule has 7 heteroatoms. The third-order valence-corrected chi connectivity index (χ3v) is 5.46. The lowest BCUT2D eigenvalue weighted by molar-refractivity contribution is -0.387. The van der Waals surface area contributed by atoms with Crippen LogP contribution in [0.4, 0.5) is 11.4 Å². The van der Waals surface area contributed by atoms with E-state index in [9.17, 15) is 10.1 Å². The second-order valence-corrected chi connectivity index (χ2v) is 7.15. The van der Waals surface area contributed by atoms with Crippen LogP contribution in [0.25, 0.3) is 10.9 Å². The molecule has 4 rings (SSSR count). The van der Waals surface area contributed by atoms with Gasteiger partial charge in [0.25, 0.3) is 5.69 Å². The predicted molar refractivity (Wildman–Crippen MR) is 107 cm³/mol. The van der Waals surface area contributed by atoms with Gasteiger partial charge in [-0.1, -0.05) is 23.9 Å². The first-order chi connectivity index (χ1) is 13.2. The first-order valence-electron chi connectivity index (χ1n) is 8.38.